The molecule has 0 atom stereocenters. The van der Waals surface area contributed by atoms with Crippen molar-refractivity contribution in [2.24, 2.45) is 0 Å². The standard InChI is InChI=1S/C16H18N2O3/c1-16(2,3)9-4-5-12-11(8-9)13-10(6-7-21-12)14(15(19)20)18-17-13/h4-5,8H,6-7H2,1-3H3,(H,17,18)(H,19,20). The summed E-state index contributed by atoms with van der Waals surface area (Å²) in [5.74, 6) is -0.232. The molecule has 2 N–H and O–H groups in total. The molecule has 0 radical (unpaired) electrons. The summed E-state index contributed by atoms with van der Waals surface area (Å²) in [6.07, 6.45) is 0.535. The average molecular weight is 286 g/mol. The second-order valence-corrected chi connectivity index (χ2v) is 6.29. The Kier molecular flexibility index (Phi) is 3.01. The van der Waals surface area contributed by atoms with Crippen LogP contribution in [-0.2, 0) is 11.8 Å². The monoisotopic (exact) mass is 286 g/mol. The average Bonchev–Trinajstić information content (AvgIpc) is 2.74. The number of aromatic nitrogens is 2. The summed E-state index contributed by atoms with van der Waals surface area (Å²) in [5.41, 5.74) is 3.59. The highest BCUT2D eigenvalue weighted by Gasteiger charge is 2.26. The number of aromatic carboxylic acids is 1. The van der Waals surface area contributed by atoms with Crippen molar-refractivity contribution in [2.75, 3.05) is 6.61 Å². The molecule has 5 heteroatoms. The molecule has 0 spiro atoms. The summed E-state index contributed by atoms with van der Waals surface area (Å²) in [6.45, 7) is 6.87. The summed E-state index contributed by atoms with van der Waals surface area (Å²) in [6, 6.07) is 6.04. The van der Waals surface area contributed by atoms with E-state index in [4.69, 9.17) is 4.74 Å². The maximum Gasteiger partial charge on any atom is 0.354 e. The first kappa shape index (κ1) is 13.7. The Morgan fingerprint density at radius 2 is 2.14 bits per heavy atom. The molecule has 1 aromatic carbocycles. The molecule has 2 heterocycles. The zero-order chi connectivity index (χ0) is 15.2. The van der Waals surface area contributed by atoms with Gasteiger partial charge in [-0.1, -0.05) is 26.8 Å². The van der Waals surface area contributed by atoms with E-state index in [2.05, 4.69) is 37.0 Å². The minimum Gasteiger partial charge on any atom is -0.493 e. The van der Waals surface area contributed by atoms with Crippen molar-refractivity contribution in [1.29, 1.82) is 0 Å². The molecule has 0 saturated carbocycles. The molecule has 1 aliphatic rings. The first-order chi connectivity index (χ1) is 9.88. The second kappa shape index (κ2) is 4.62. The molecule has 0 saturated heterocycles. The number of H-pyrrole nitrogens is 1. The second-order valence-electron chi connectivity index (χ2n) is 6.29. The number of carboxylic acids is 1. The Balaban J connectivity index is 2.21. The van der Waals surface area contributed by atoms with Crippen molar-refractivity contribution in [3.05, 3.63) is 35.0 Å². The number of aromatic amines is 1. The topological polar surface area (TPSA) is 75.2 Å². The number of carboxylic acid groups (broad SMARTS) is 1. The van der Waals surface area contributed by atoms with Gasteiger partial charge in [-0.15, -0.1) is 0 Å². The molecule has 0 fully saturated rings. The summed E-state index contributed by atoms with van der Waals surface area (Å²) in [4.78, 5) is 11.3. The highest BCUT2D eigenvalue weighted by Crippen LogP contribution is 2.38. The van der Waals surface area contributed by atoms with Gasteiger partial charge >= 0.3 is 5.97 Å². The van der Waals surface area contributed by atoms with Crippen molar-refractivity contribution in [3.8, 4) is 17.0 Å². The number of fused-ring (bicyclic) bond motifs is 3. The van der Waals surface area contributed by atoms with Gasteiger partial charge in [0.1, 0.15) is 11.4 Å². The maximum absolute atomic E-state index is 11.3. The van der Waals surface area contributed by atoms with Gasteiger partial charge in [0.05, 0.1) is 12.3 Å². The van der Waals surface area contributed by atoms with E-state index in [-0.39, 0.29) is 11.1 Å². The molecule has 110 valence electrons. The molecular formula is C16H18N2O3. The highest BCUT2D eigenvalue weighted by atomic mass is 16.5. The summed E-state index contributed by atoms with van der Waals surface area (Å²) in [7, 11) is 0. The van der Waals surface area contributed by atoms with Crippen molar-refractivity contribution < 1.29 is 14.6 Å². The van der Waals surface area contributed by atoms with Crippen LogP contribution < -0.4 is 4.74 Å². The third-order valence-corrected chi connectivity index (χ3v) is 3.79. The van der Waals surface area contributed by atoms with Crippen LogP contribution in [0.15, 0.2) is 18.2 Å². The Bertz CT molecular complexity index is 711. The van der Waals surface area contributed by atoms with E-state index in [1.807, 2.05) is 12.1 Å². The third kappa shape index (κ3) is 2.28. The molecule has 0 amide bonds. The molecule has 1 aromatic heterocycles. The zero-order valence-corrected chi connectivity index (χ0v) is 12.4. The molecule has 0 aliphatic carbocycles. The number of carbonyl (C=O) groups is 1. The molecular weight excluding hydrogens is 268 g/mol. The van der Waals surface area contributed by atoms with Gasteiger partial charge in [0.25, 0.3) is 0 Å². The van der Waals surface area contributed by atoms with Crippen LogP contribution in [0.4, 0.5) is 0 Å². The number of ether oxygens (including phenoxy) is 1. The Hall–Kier alpha value is -2.30. The summed E-state index contributed by atoms with van der Waals surface area (Å²) in [5, 5.41) is 16.1. The number of hydrogen-bond acceptors (Lipinski definition) is 3. The molecule has 2 aromatic rings. The number of nitrogens with one attached hydrogen (secondary N) is 1. The molecule has 0 bridgehead atoms. The molecule has 0 unspecified atom stereocenters. The smallest absolute Gasteiger partial charge is 0.354 e. The predicted octanol–water partition coefficient (Wildman–Crippen LogP) is 3.01. The van der Waals surface area contributed by atoms with E-state index in [9.17, 15) is 9.90 Å². The zero-order valence-electron chi connectivity index (χ0n) is 12.4. The maximum atomic E-state index is 11.3. The normalized spacial score (nSPS) is 13.9. The fraction of sp³-hybridized carbons (Fsp3) is 0.375. The number of nitrogens with zero attached hydrogens (tertiary/aromatic N) is 1. The van der Waals surface area contributed by atoms with Gasteiger partial charge in [0, 0.05) is 17.5 Å². The van der Waals surface area contributed by atoms with Crippen molar-refractivity contribution >= 4 is 5.97 Å². The van der Waals surface area contributed by atoms with Gasteiger partial charge in [0.2, 0.25) is 0 Å². The summed E-state index contributed by atoms with van der Waals surface area (Å²) < 4.78 is 5.74. The van der Waals surface area contributed by atoms with Gasteiger partial charge in [-0.05, 0) is 23.1 Å². The lowest BCUT2D eigenvalue weighted by Gasteiger charge is -2.20. The SMILES string of the molecule is CC(C)(C)c1ccc2c(c1)-c1n[nH]c(C(=O)O)c1CCO2. The number of rotatable bonds is 1. The predicted molar refractivity (Wildman–Crippen MR) is 78.9 cm³/mol. The fourth-order valence-corrected chi connectivity index (χ4v) is 2.58. The fourth-order valence-electron chi connectivity index (χ4n) is 2.58. The van der Waals surface area contributed by atoms with Gasteiger partial charge in [-0.25, -0.2) is 4.79 Å². The first-order valence-corrected chi connectivity index (χ1v) is 6.96. The van der Waals surface area contributed by atoms with E-state index in [1.54, 1.807) is 0 Å². The van der Waals surface area contributed by atoms with Crippen LogP contribution in [0.2, 0.25) is 0 Å². The van der Waals surface area contributed by atoms with Crippen LogP contribution in [0.3, 0.4) is 0 Å². The van der Waals surface area contributed by atoms with Crippen molar-refractivity contribution in [3.63, 3.8) is 0 Å². The minimum absolute atomic E-state index is 0.00737. The Morgan fingerprint density at radius 3 is 2.81 bits per heavy atom. The third-order valence-electron chi connectivity index (χ3n) is 3.79. The van der Waals surface area contributed by atoms with Crippen molar-refractivity contribution in [2.45, 2.75) is 32.6 Å². The molecule has 3 rings (SSSR count). The highest BCUT2D eigenvalue weighted by molar-refractivity contribution is 5.90. The Labute approximate surface area is 123 Å². The van der Waals surface area contributed by atoms with Gasteiger partial charge in [-0.2, -0.15) is 5.10 Å². The number of hydrogen-bond donors (Lipinski definition) is 2. The molecule has 5 nitrogen and oxygen atoms in total. The Morgan fingerprint density at radius 1 is 1.38 bits per heavy atom. The van der Waals surface area contributed by atoms with Crippen LogP contribution in [0.1, 0.15) is 42.4 Å². The van der Waals surface area contributed by atoms with Crippen LogP contribution in [-0.4, -0.2) is 27.9 Å². The molecule has 1 aliphatic heterocycles. The van der Waals surface area contributed by atoms with E-state index in [0.29, 0.717) is 24.3 Å². The van der Waals surface area contributed by atoms with Gasteiger partial charge < -0.3 is 9.84 Å². The van der Waals surface area contributed by atoms with Crippen LogP contribution in [0.25, 0.3) is 11.3 Å². The van der Waals surface area contributed by atoms with E-state index < -0.39 is 5.97 Å². The first-order valence-electron chi connectivity index (χ1n) is 6.96. The van der Waals surface area contributed by atoms with E-state index >= 15 is 0 Å². The van der Waals surface area contributed by atoms with Crippen LogP contribution in [0.5, 0.6) is 5.75 Å². The quantitative estimate of drug-likeness (QED) is 0.845. The lowest BCUT2D eigenvalue weighted by atomic mass is 9.85. The largest absolute Gasteiger partial charge is 0.493 e. The van der Waals surface area contributed by atoms with Crippen LogP contribution in [0, 0.1) is 0 Å². The summed E-state index contributed by atoms with van der Waals surface area (Å²) >= 11 is 0. The lowest BCUT2D eigenvalue weighted by molar-refractivity contribution is 0.0689. The van der Waals surface area contributed by atoms with E-state index in [0.717, 1.165) is 16.9 Å². The van der Waals surface area contributed by atoms with Crippen molar-refractivity contribution in [1.82, 2.24) is 10.2 Å². The molecule has 21 heavy (non-hydrogen) atoms. The van der Waals surface area contributed by atoms with Gasteiger partial charge in [-0.3, -0.25) is 5.10 Å². The number of benzene rings is 1. The van der Waals surface area contributed by atoms with Gasteiger partial charge in [0.15, 0.2) is 0 Å². The minimum atomic E-state index is -0.987. The van der Waals surface area contributed by atoms with E-state index in [1.165, 1.54) is 0 Å². The van der Waals surface area contributed by atoms with Crippen LogP contribution >= 0.6 is 0 Å². The lowest BCUT2D eigenvalue weighted by Crippen LogP contribution is -2.11.